The molecule has 6 heteroatoms. The Balaban J connectivity index is 2.41. The number of carbonyl (C=O) groups is 1. The van der Waals surface area contributed by atoms with Gasteiger partial charge in [-0.05, 0) is 31.0 Å². The maximum absolute atomic E-state index is 12.9. The number of rotatable bonds is 7. The van der Waals surface area contributed by atoms with Crippen LogP contribution < -0.4 is 0 Å². The second-order valence-corrected chi connectivity index (χ2v) is 6.16. The van der Waals surface area contributed by atoms with E-state index in [9.17, 15) is 9.36 Å². The third-order valence-corrected chi connectivity index (χ3v) is 4.40. The van der Waals surface area contributed by atoms with Gasteiger partial charge in [0.25, 0.3) is 0 Å². The SMILES string of the molecule is CCO[P+](=O)OC(C(=O)c1c(C)cccc1Cl)c1ccccc1. The molecule has 0 fully saturated rings. The first kappa shape index (κ1) is 17.8. The van der Waals surface area contributed by atoms with E-state index in [1.54, 1.807) is 56.3 Å². The fraction of sp³-hybridized carbons (Fsp3) is 0.235. The van der Waals surface area contributed by atoms with Crippen molar-refractivity contribution in [2.75, 3.05) is 6.61 Å². The molecule has 120 valence electrons. The maximum Gasteiger partial charge on any atom is 0.698 e. The minimum Gasteiger partial charge on any atom is -0.291 e. The lowest BCUT2D eigenvalue weighted by Crippen LogP contribution is -2.16. The molecule has 0 amide bonds. The van der Waals surface area contributed by atoms with Crippen LogP contribution in [0.2, 0.25) is 5.02 Å². The molecule has 0 aliphatic heterocycles. The van der Waals surface area contributed by atoms with Gasteiger partial charge in [0, 0.05) is 10.1 Å². The van der Waals surface area contributed by atoms with E-state index in [2.05, 4.69) is 0 Å². The molecule has 2 aromatic carbocycles. The highest BCUT2D eigenvalue weighted by atomic mass is 35.5. The first-order chi connectivity index (χ1) is 11.0. The Labute approximate surface area is 141 Å². The number of Topliss-reactive ketones (excluding diaryl/α,β-unsaturated/α-hetero) is 1. The zero-order chi connectivity index (χ0) is 16.8. The van der Waals surface area contributed by atoms with Gasteiger partial charge in [-0.3, -0.25) is 4.79 Å². The highest BCUT2D eigenvalue weighted by Gasteiger charge is 2.35. The molecule has 2 atom stereocenters. The molecule has 0 aliphatic carbocycles. The van der Waals surface area contributed by atoms with Crippen molar-refractivity contribution < 1.29 is 18.4 Å². The number of benzene rings is 2. The summed E-state index contributed by atoms with van der Waals surface area (Å²) >= 11 is 6.17. The largest absolute Gasteiger partial charge is 0.698 e. The fourth-order valence-electron chi connectivity index (χ4n) is 2.18. The van der Waals surface area contributed by atoms with Crippen molar-refractivity contribution in [1.29, 1.82) is 0 Å². The minimum atomic E-state index is -2.40. The number of ketones is 1. The zero-order valence-electron chi connectivity index (χ0n) is 12.9. The minimum absolute atomic E-state index is 0.232. The van der Waals surface area contributed by atoms with Gasteiger partial charge in [0.05, 0.1) is 5.02 Å². The molecule has 0 N–H and O–H groups in total. The molecule has 0 heterocycles. The van der Waals surface area contributed by atoms with E-state index in [4.69, 9.17) is 20.6 Å². The third-order valence-electron chi connectivity index (χ3n) is 3.23. The monoisotopic (exact) mass is 351 g/mol. The van der Waals surface area contributed by atoms with Crippen molar-refractivity contribution in [2.45, 2.75) is 20.0 Å². The van der Waals surface area contributed by atoms with Crippen LogP contribution in [0.25, 0.3) is 0 Å². The summed E-state index contributed by atoms with van der Waals surface area (Å²) in [6.07, 6.45) is -1.04. The van der Waals surface area contributed by atoms with E-state index in [1.165, 1.54) is 0 Å². The lowest BCUT2D eigenvalue weighted by molar-refractivity contribution is 0.0768. The Morgan fingerprint density at radius 2 is 1.87 bits per heavy atom. The highest BCUT2D eigenvalue weighted by Crippen LogP contribution is 2.36. The van der Waals surface area contributed by atoms with Crippen molar-refractivity contribution in [1.82, 2.24) is 0 Å². The first-order valence-corrected chi connectivity index (χ1v) is 8.63. The standard InChI is InChI=1S/C17H17ClO4P/c1-3-21-23(20)22-17(13-9-5-4-6-10-13)16(19)15-12(2)8-7-11-14(15)18/h4-11,17H,3H2,1-2H3/q+1. The van der Waals surface area contributed by atoms with E-state index < -0.39 is 14.4 Å². The average Bonchev–Trinajstić information content (AvgIpc) is 2.53. The Morgan fingerprint density at radius 1 is 1.17 bits per heavy atom. The van der Waals surface area contributed by atoms with Gasteiger partial charge in [0.2, 0.25) is 11.9 Å². The van der Waals surface area contributed by atoms with Crippen LogP contribution in [0.1, 0.15) is 34.5 Å². The first-order valence-electron chi connectivity index (χ1n) is 7.15. The number of aryl methyl sites for hydroxylation is 1. The van der Waals surface area contributed by atoms with E-state index in [1.807, 2.05) is 6.07 Å². The summed E-state index contributed by atoms with van der Waals surface area (Å²) in [6, 6.07) is 14.1. The normalized spacial score (nSPS) is 12.7. The summed E-state index contributed by atoms with van der Waals surface area (Å²) in [5.74, 6) is -0.345. The average molecular weight is 352 g/mol. The van der Waals surface area contributed by atoms with Gasteiger partial charge in [0.1, 0.15) is 6.61 Å². The van der Waals surface area contributed by atoms with Crippen molar-refractivity contribution >= 4 is 25.6 Å². The molecule has 0 bridgehead atoms. The lowest BCUT2D eigenvalue weighted by atomic mass is 9.97. The van der Waals surface area contributed by atoms with Crippen LogP contribution in [0.5, 0.6) is 0 Å². The summed E-state index contributed by atoms with van der Waals surface area (Å²) in [5.41, 5.74) is 1.70. The summed E-state index contributed by atoms with van der Waals surface area (Å²) in [5, 5.41) is 0.339. The van der Waals surface area contributed by atoms with Crippen molar-refractivity contribution in [3.63, 3.8) is 0 Å². The van der Waals surface area contributed by atoms with Gasteiger partial charge in [-0.1, -0.05) is 54.1 Å². The van der Waals surface area contributed by atoms with E-state index in [0.29, 0.717) is 16.1 Å². The number of hydrogen-bond acceptors (Lipinski definition) is 4. The fourth-order valence-corrected chi connectivity index (χ4v) is 3.16. The van der Waals surface area contributed by atoms with Crippen LogP contribution in [0.15, 0.2) is 48.5 Å². The van der Waals surface area contributed by atoms with Crippen LogP contribution in [-0.4, -0.2) is 12.4 Å². The third kappa shape index (κ3) is 4.46. The van der Waals surface area contributed by atoms with Gasteiger partial charge in [-0.15, -0.1) is 9.05 Å². The quantitative estimate of drug-likeness (QED) is 0.503. The smallest absolute Gasteiger partial charge is 0.291 e. The Hall–Kier alpha value is -1.58. The van der Waals surface area contributed by atoms with Crippen LogP contribution in [0.3, 0.4) is 0 Å². The van der Waals surface area contributed by atoms with E-state index in [-0.39, 0.29) is 12.4 Å². The molecule has 23 heavy (non-hydrogen) atoms. The van der Waals surface area contributed by atoms with E-state index >= 15 is 0 Å². The van der Waals surface area contributed by atoms with Gasteiger partial charge >= 0.3 is 8.25 Å². The van der Waals surface area contributed by atoms with Gasteiger partial charge in [-0.2, -0.15) is 0 Å². The van der Waals surface area contributed by atoms with Gasteiger partial charge in [-0.25, -0.2) is 0 Å². The molecule has 4 nitrogen and oxygen atoms in total. The summed E-state index contributed by atoms with van der Waals surface area (Å²) in [4.78, 5) is 12.9. The van der Waals surface area contributed by atoms with Crippen LogP contribution in [0, 0.1) is 6.92 Å². The molecule has 0 aliphatic rings. The second-order valence-electron chi connectivity index (χ2n) is 4.83. The molecular weight excluding hydrogens is 335 g/mol. The Bertz CT molecular complexity index is 683. The van der Waals surface area contributed by atoms with Crippen molar-refractivity contribution in [3.8, 4) is 0 Å². The summed E-state index contributed by atoms with van der Waals surface area (Å²) in [7, 11) is -2.40. The van der Waals surface area contributed by atoms with Crippen LogP contribution in [0.4, 0.5) is 0 Å². The molecule has 2 unspecified atom stereocenters. The lowest BCUT2D eigenvalue weighted by Gasteiger charge is -2.13. The number of halogens is 1. The Morgan fingerprint density at radius 3 is 2.48 bits per heavy atom. The number of carbonyl (C=O) groups excluding carboxylic acids is 1. The maximum atomic E-state index is 12.9. The highest BCUT2D eigenvalue weighted by molar-refractivity contribution is 7.33. The molecule has 0 saturated carbocycles. The summed E-state index contributed by atoms with van der Waals surface area (Å²) in [6.45, 7) is 3.73. The molecule has 0 radical (unpaired) electrons. The van der Waals surface area contributed by atoms with Crippen LogP contribution >= 0.6 is 19.9 Å². The molecular formula is C17H17ClO4P+. The molecule has 2 aromatic rings. The Kier molecular flexibility index (Phi) is 6.43. The van der Waals surface area contributed by atoms with Crippen molar-refractivity contribution in [3.05, 3.63) is 70.2 Å². The molecule has 0 aromatic heterocycles. The summed E-state index contributed by atoms with van der Waals surface area (Å²) < 4.78 is 22.2. The molecule has 0 spiro atoms. The topological polar surface area (TPSA) is 52.6 Å². The molecule has 2 rings (SSSR count). The predicted molar refractivity (Wildman–Crippen MR) is 90.0 cm³/mol. The predicted octanol–water partition coefficient (Wildman–Crippen LogP) is 5.28. The van der Waals surface area contributed by atoms with E-state index in [0.717, 1.165) is 5.56 Å². The zero-order valence-corrected chi connectivity index (χ0v) is 14.5. The molecule has 0 saturated heterocycles. The van der Waals surface area contributed by atoms with Gasteiger partial charge < -0.3 is 0 Å². The van der Waals surface area contributed by atoms with Crippen LogP contribution in [-0.2, 0) is 13.6 Å². The van der Waals surface area contributed by atoms with Gasteiger partial charge in [0.15, 0.2) is 0 Å². The van der Waals surface area contributed by atoms with Crippen molar-refractivity contribution in [2.24, 2.45) is 0 Å². The number of hydrogen-bond donors (Lipinski definition) is 0. The second kappa shape index (κ2) is 8.32.